The smallest absolute Gasteiger partial charge is 0.224 e. The van der Waals surface area contributed by atoms with E-state index in [4.69, 9.17) is 11.6 Å². The first-order chi connectivity index (χ1) is 17.6. The second-order valence-electron chi connectivity index (χ2n) is 9.54. The Balaban J connectivity index is 1.14. The number of amides is 1. The second kappa shape index (κ2) is 9.91. The molecule has 1 aromatic carbocycles. The summed E-state index contributed by atoms with van der Waals surface area (Å²) in [6, 6.07) is 7.92. The zero-order chi connectivity index (χ0) is 24.5. The number of halogens is 1. The van der Waals surface area contributed by atoms with Crippen LogP contribution in [-0.4, -0.2) is 73.6 Å². The number of hydrogen-bond donors (Lipinski definition) is 3. The van der Waals surface area contributed by atoms with Gasteiger partial charge in [-0.3, -0.25) is 9.89 Å². The normalized spacial score (nSPS) is 17.0. The number of fused-ring (bicyclic) bond motifs is 2. The van der Waals surface area contributed by atoms with E-state index in [-0.39, 0.29) is 5.91 Å². The van der Waals surface area contributed by atoms with Gasteiger partial charge in [-0.05, 0) is 62.2 Å². The van der Waals surface area contributed by atoms with Crippen LogP contribution in [0.15, 0.2) is 36.7 Å². The van der Waals surface area contributed by atoms with Gasteiger partial charge in [-0.2, -0.15) is 5.10 Å². The molecule has 186 valence electrons. The molecule has 1 saturated heterocycles. The van der Waals surface area contributed by atoms with Gasteiger partial charge in [-0.1, -0.05) is 24.1 Å². The molecule has 0 bridgehead atoms. The lowest BCUT2D eigenvalue weighted by Gasteiger charge is -2.29. The van der Waals surface area contributed by atoms with E-state index in [2.05, 4.69) is 47.5 Å². The molecule has 0 saturated carbocycles. The van der Waals surface area contributed by atoms with E-state index in [0.29, 0.717) is 23.9 Å². The van der Waals surface area contributed by atoms with Gasteiger partial charge in [0.05, 0.1) is 10.9 Å². The Morgan fingerprint density at radius 2 is 1.97 bits per heavy atom. The highest BCUT2D eigenvalue weighted by atomic mass is 35.5. The molecular weight excluding hydrogens is 476 g/mol. The van der Waals surface area contributed by atoms with Gasteiger partial charge in [0.15, 0.2) is 5.15 Å². The van der Waals surface area contributed by atoms with Crippen LogP contribution in [0.1, 0.15) is 37.8 Å². The molecule has 0 aliphatic carbocycles. The third-order valence-electron chi connectivity index (χ3n) is 7.20. The Hall–Kier alpha value is -3.43. The van der Waals surface area contributed by atoms with Crippen molar-refractivity contribution in [2.24, 2.45) is 0 Å². The summed E-state index contributed by atoms with van der Waals surface area (Å²) in [5, 5.41) is 12.5. The van der Waals surface area contributed by atoms with Crippen LogP contribution < -0.4 is 5.32 Å². The van der Waals surface area contributed by atoms with E-state index >= 15 is 0 Å². The molecule has 36 heavy (non-hydrogen) atoms. The van der Waals surface area contributed by atoms with Gasteiger partial charge in [-0.15, -0.1) is 0 Å². The molecule has 0 radical (unpaired) electrons. The molecular formula is C26H29ClN8O. The van der Waals surface area contributed by atoms with Gasteiger partial charge in [0, 0.05) is 42.8 Å². The number of carbonyl (C=O) groups excluding carboxylic acids is 1. The summed E-state index contributed by atoms with van der Waals surface area (Å²) in [6.45, 7) is 4.52. The number of benzene rings is 1. The van der Waals surface area contributed by atoms with Crippen molar-refractivity contribution in [3.8, 4) is 0 Å². The van der Waals surface area contributed by atoms with Gasteiger partial charge in [0.1, 0.15) is 17.8 Å². The molecule has 4 aromatic rings. The van der Waals surface area contributed by atoms with E-state index in [9.17, 15) is 4.79 Å². The number of aromatic nitrogens is 5. The molecule has 9 nitrogen and oxygen atoms in total. The maximum atomic E-state index is 12.8. The third kappa shape index (κ3) is 4.68. The van der Waals surface area contributed by atoms with E-state index in [1.165, 1.54) is 24.8 Å². The van der Waals surface area contributed by atoms with Gasteiger partial charge in [-0.25, -0.2) is 9.97 Å². The van der Waals surface area contributed by atoms with Gasteiger partial charge >= 0.3 is 0 Å². The van der Waals surface area contributed by atoms with Crippen molar-refractivity contribution in [3.63, 3.8) is 0 Å². The molecule has 10 heteroatoms. The summed E-state index contributed by atoms with van der Waals surface area (Å²) < 4.78 is 0. The summed E-state index contributed by atoms with van der Waals surface area (Å²) in [6.07, 6.45) is 8.95. The Morgan fingerprint density at radius 3 is 2.81 bits per heavy atom. The van der Waals surface area contributed by atoms with Crippen molar-refractivity contribution >= 4 is 56.5 Å². The van der Waals surface area contributed by atoms with Crippen molar-refractivity contribution in [1.82, 2.24) is 34.9 Å². The fourth-order valence-corrected chi connectivity index (χ4v) is 5.34. The van der Waals surface area contributed by atoms with E-state index in [1.807, 2.05) is 23.1 Å². The SMILES string of the molecule is O=C(CCN1CCCCC1)N1CC=C(c2cc3c(Nc4ccc5[nH]nc(Cl)c5c4)ncnc3[nH]2)CC1. The molecule has 2 aliphatic heterocycles. The zero-order valence-corrected chi connectivity index (χ0v) is 20.8. The number of likely N-dealkylation sites (tertiary alicyclic amines) is 1. The summed E-state index contributed by atoms with van der Waals surface area (Å²) in [5.74, 6) is 0.965. The van der Waals surface area contributed by atoms with Crippen LogP contribution in [0.3, 0.4) is 0 Å². The van der Waals surface area contributed by atoms with Crippen molar-refractivity contribution in [2.45, 2.75) is 32.1 Å². The molecule has 0 spiro atoms. The van der Waals surface area contributed by atoms with E-state index < -0.39 is 0 Å². The van der Waals surface area contributed by atoms with Gasteiger partial charge < -0.3 is 20.1 Å². The molecule has 5 heterocycles. The molecule has 1 amide bonds. The largest absolute Gasteiger partial charge is 0.340 e. The van der Waals surface area contributed by atoms with Crippen LogP contribution in [0.5, 0.6) is 0 Å². The number of carbonyl (C=O) groups is 1. The Bertz CT molecular complexity index is 1430. The average molecular weight is 505 g/mol. The second-order valence-corrected chi connectivity index (χ2v) is 9.90. The highest BCUT2D eigenvalue weighted by molar-refractivity contribution is 6.34. The van der Waals surface area contributed by atoms with Crippen LogP contribution in [-0.2, 0) is 4.79 Å². The molecule has 6 rings (SSSR count). The minimum atomic E-state index is 0.250. The Kier molecular flexibility index (Phi) is 6.33. The standard InChI is InChI=1S/C26H29ClN8O/c27-24-19-14-18(4-5-21(19)32-33-24)30-25-20-15-22(31-26(20)29-16-28-25)17-6-12-35(13-7-17)23(36)8-11-34-9-2-1-3-10-34/h4-6,14-16H,1-3,7-13H2,(H,32,33)(H2,28,29,30,31). The number of aromatic amines is 2. The molecule has 0 unspecified atom stereocenters. The Morgan fingerprint density at radius 1 is 1.08 bits per heavy atom. The van der Waals surface area contributed by atoms with Crippen molar-refractivity contribution < 1.29 is 4.79 Å². The van der Waals surface area contributed by atoms with Crippen molar-refractivity contribution in [1.29, 1.82) is 0 Å². The number of H-pyrrole nitrogens is 2. The number of nitrogens with one attached hydrogen (secondary N) is 3. The Labute approximate surface area is 213 Å². The predicted molar refractivity (Wildman–Crippen MR) is 142 cm³/mol. The van der Waals surface area contributed by atoms with Crippen LogP contribution >= 0.6 is 11.6 Å². The number of nitrogens with zero attached hydrogens (tertiary/aromatic N) is 5. The topological polar surface area (TPSA) is 106 Å². The predicted octanol–water partition coefficient (Wildman–Crippen LogP) is 4.72. The first kappa shape index (κ1) is 23.0. The summed E-state index contributed by atoms with van der Waals surface area (Å²) in [4.78, 5) is 29.5. The van der Waals surface area contributed by atoms with E-state index in [0.717, 1.165) is 65.9 Å². The quantitative estimate of drug-likeness (QED) is 0.351. The lowest BCUT2D eigenvalue weighted by atomic mass is 10.0. The maximum absolute atomic E-state index is 12.8. The molecule has 3 N–H and O–H groups in total. The molecule has 1 fully saturated rings. The summed E-state index contributed by atoms with van der Waals surface area (Å²) in [7, 11) is 0. The van der Waals surface area contributed by atoms with Crippen molar-refractivity contribution in [2.75, 3.05) is 38.0 Å². The summed E-state index contributed by atoms with van der Waals surface area (Å²) in [5.41, 5.74) is 4.73. The maximum Gasteiger partial charge on any atom is 0.224 e. The fourth-order valence-electron chi connectivity index (χ4n) is 5.14. The highest BCUT2D eigenvalue weighted by Crippen LogP contribution is 2.31. The zero-order valence-electron chi connectivity index (χ0n) is 20.1. The number of piperidine rings is 1. The summed E-state index contributed by atoms with van der Waals surface area (Å²) >= 11 is 6.18. The van der Waals surface area contributed by atoms with Gasteiger partial charge in [0.2, 0.25) is 5.91 Å². The number of rotatable bonds is 6. The molecule has 2 aliphatic rings. The first-order valence-corrected chi connectivity index (χ1v) is 13.0. The monoisotopic (exact) mass is 504 g/mol. The number of anilines is 2. The molecule has 3 aromatic heterocycles. The van der Waals surface area contributed by atoms with Crippen molar-refractivity contribution in [3.05, 3.63) is 47.5 Å². The minimum absolute atomic E-state index is 0.250. The van der Waals surface area contributed by atoms with Gasteiger partial charge in [0.25, 0.3) is 0 Å². The van der Waals surface area contributed by atoms with Crippen LogP contribution in [0.2, 0.25) is 5.15 Å². The van der Waals surface area contributed by atoms with Crippen LogP contribution in [0.4, 0.5) is 11.5 Å². The van der Waals surface area contributed by atoms with Crippen LogP contribution in [0, 0.1) is 0 Å². The average Bonchev–Trinajstić information content (AvgIpc) is 3.52. The third-order valence-corrected chi connectivity index (χ3v) is 7.49. The number of hydrogen-bond acceptors (Lipinski definition) is 6. The highest BCUT2D eigenvalue weighted by Gasteiger charge is 2.21. The minimum Gasteiger partial charge on any atom is -0.340 e. The lowest BCUT2D eigenvalue weighted by molar-refractivity contribution is -0.131. The first-order valence-electron chi connectivity index (χ1n) is 12.6. The fraction of sp³-hybridized carbons (Fsp3) is 0.385. The molecule has 0 atom stereocenters. The lowest BCUT2D eigenvalue weighted by Crippen LogP contribution is -2.38. The van der Waals surface area contributed by atoms with E-state index in [1.54, 1.807) is 6.33 Å². The van der Waals surface area contributed by atoms with Crippen LogP contribution in [0.25, 0.3) is 27.5 Å².